The topological polar surface area (TPSA) is 3.24 Å². The van der Waals surface area contributed by atoms with Gasteiger partial charge >= 0.3 is 0 Å². The van der Waals surface area contributed by atoms with Gasteiger partial charge in [0.1, 0.15) is 0 Å². The van der Waals surface area contributed by atoms with Gasteiger partial charge < -0.3 is 4.90 Å². The smallest absolute Gasteiger partial charge is 0.0152 e. The van der Waals surface area contributed by atoms with Crippen LogP contribution in [0.2, 0.25) is 0 Å². The zero-order valence-corrected chi connectivity index (χ0v) is 9.22. The van der Waals surface area contributed by atoms with Gasteiger partial charge in [0.2, 0.25) is 0 Å². The summed E-state index contributed by atoms with van der Waals surface area (Å²) in [4.78, 5) is 2.49. The first-order valence-corrected chi connectivity index (χ1v) is 5.15. The summed E-state index contributed by atoms with van der Waals surface area (Å²) in [5.74, 6) is 1.80. The third kappa shape index (κ3) is 2.01. The van der Waals surface area contributed by atoms with Crippen molar-refractivity contribution in [2.24, 2.45) is 11.8 Å². The Kier molecular flexibility index (Phi) is 2.82. The fourth-order valence-electron chi connectivity index (χ4n) is 2.13. The molecule has 1 aliphatic heterocycles. The van der Waals surface area contributed by atoms with E-state index in [1.165, 1.54) is 19.4 Å². The van der Waals surface area contributed by atoms with Crippen LogP contribution in [0.5, 0.6) is 0 Å². The predicted molar refractivity (Wildman–Crippen MR) is 54.3 cm³/mol. The molecule has 0 spiro atoms. The Hall–Kier alpha value is -0.0400. The molecule has 0 aliphatic carbocycles. The molecule has 0 saturated carbocycles. The molecule has 1 aliphatic rings. The van der Waals surface area contributed by atoms with Crippen LogP contribution < -0.4 is 0 Å². The molecule has 0 aromatic heterocycles. The highest BCUT2D eigenvalue weighted by molar-refractivity contribution is 4.88. The summed E-state index contributed by atoms with van der Waals surface area (Å²) in [6, 6.07) is 0. The second-order valence-corrected chi connectivity index (χ2v) is 5.23. The lowest BCUT2D eigenvalue weighted by atomic mass is 9.77. The van der Waals surface area contributed by atoms with Crippen LogP contribution in [0.15, 0.2) is 0 Å². The lowest BCUT2D eigenvalue weighted by Crippen LogP contribution is -2.48. The molecular weight excluding hydrogens is 146 g/mol. The van der Waals surface area contributed by atoms with Crippen molar-refractivity contribution in [1.29, 1.82) is 0 Å². The van der Waals surface area contributed by atoms with E-state index in [4.69, 9.17) is 0 Å². The van der Waals surface area contributed by atoms with Crippen molar-refractivity contribution in [1.82, 2.24) is 4.90 Å². The molecule has 1 fully saturated rings. The van der Waals surface area contributed by atoms with Crippen LogP contribution >= 0.6 is 0 Å². The molecule has 1 saturated heterocycles. The minimum Gasteiger partial charge on any atom is -0.301 e. The van der Waals surface area contributed by atoms with Crippen molar-refractivity contribution in [3.05, 3.63) is 0 Å². The first-order valence-electron chi connectivity index (χ1n) is 5.15. The van der Waals surface area contributed by atoms with E-state index in [1.807, 2.05) is 0 Å². The summed E-state index contributed by atoms with van der Waals surface area (Å²) in [7, 11) is 2.25. The summed E-state index contributed by atoms with van der Waals surface area (Å²) in [6.45, 7) is 10.7. The van der Waals surface area contributed by atoms with E-state index in [0.29, 0.717) is 5.54 Å². The number of hydrogen-bond donors (Lipinski definition) is 0. The lowest BCUT2D eigenvalue weighted by molar-refractivity contribution is 0.0559. The Morgan fingerprint density at radius 2 is 1.92 bits per heavy atom. The Balaban J connectivity index is 2.57. The van der Waals surface area contributed by atoms with E-state index in [0.717, 1.165) is 11.8 Å². The molecular formula is C11H23N. The summed E-state index contributed by atoms with van der Waals surface area (Å²) in [5.41, 5.74) is 0.424. The number of likely N-dealkylation sites (tertiary alicyclic amines) is 1. The monoisotopic (exact) mass is 169 g/mol. The van der Waals surface area contributed by atoms with Crippen LogP contribution in [-0.2, 0) is 0 Å². The molecule has 0 aromatic carbocycles. The molecule has 12 heavy (non-hydrogen) atoms. The molecule has 1 rings (SSSR count). The Bertz CT molecular complexity index is 149. The third-order valence-corrected chi connectivity index (χ3v) is 3.57. The molecule has 1 atom stereocenters. The second kappa shape index (κ2) is 3.37. The molecule has 0 aromatic rings. The van der Waals surface area contributed by atoms with Crippen molar-refractivity contribution < 1.29 is 0 Å². The maximum absolute atomic E-state index is 2.49. The van der Waals surface area contributed by atoms with Gasteiger partial charge in [-0.3, -0.25) is 0 Å². The van der Waals surface area contributed by atoms with E-state index in [-0.39, 0.29) is 0 Å². The van der Waals surface area contributed by atoms with Gasteiger partial charge in [-0.25, -0.2) is 0 Å². The minimum atomic E-state index is 0.424. The van der Waals surface area contributed by atoms with Crippen LogP contribution in [0.1, 0.15) is 40.5 Å². The third-order valence-electron chi connectivity index (χ3n) is 3.57. The minimum absolute atomic E-state index is 0.424. The van der Waals surface area contributed by atoms with Gasteiger partial charge in [-0.05, 0) is 52.1 Å². The van der Waals surface area contributed by atoms with Gasteiger partial charge in [-0.1, -0.05) is 13.8 Å². The maximum Gasteiger partial charge on any atom is 0.0152 e. The van der Waals surface area contributed by atoms with Crippen molar-refractivity contribution in [2.75, 3.05) is 13.6 Å². The van der Waals surface area contributed by atoms with Gasteiger partial charge in [0.05, 0.1) is 0 Å². The molecule has 0 amide bonds. The SMILES string of the molecule is CC(C)[C@@H]1CCN(C)C(C)(C)C1. The highest BCUT2D eigenvalue weighted by atomic mass is 15.2. The Morgan fingerprint density at radius 3 is 2.33 bits per heavy atom. The van der Waals surface area contributed by atoms with Gasteiger partial charge in [0.25, 0.3) is 0 Å². The molecule has 0 radical (unpaired) electrons. The van der Waals surface area contributed by atoms with Crippen molar-refractivity contribution in [2.45, 2.75) is 46.1 Å². The fraction of sp³-hybridized carbons (Fsp3) is 1.00. The highest BCUT2D eigenvalue weighted by Crippen LogP contribution is 2.33. The predicted octanol–water partition coefficient (Wildman–Crippen LogP) is 2.76. The largest absolute Gasteiger partial charge is 0.301 e. The second-order valence-electron chi connectivity index (χ2n) is 5.23. The van der Waals surface area contributed by atoms with E-state index in [2.05, 4.69) is 39.6 Å². The van der Waals surface area contributed by atoms with E-state index in [9.17, 15) is 0 Å². The molecule has 0 bridgehead atoms. The van der Waals surface area contributed by atoms with Crippen LogP contribution in [0.25, 0.3) is 0 Å². The van der Waals surface area contributed by atoms with Crippen molar-refractivity contribution >= 4 is 0 Å². The lowest BCUT2D eigenvalue weighted by Gasteiger charge is -2.44. The number of rotatable bonds is 1. The maximum atomic E-state index is 2.49. The molecule has 1 heteroatoms. The Labute approximate surface area is 77.1 Å². The molecule has 1 heterocycles. The zero-order valence-electron chi connectivity index (χ0n) is 9.22. The highest BCUT2D eigenvalue weighted by Gasteiger charge is 2.33. The van der Waals surface area contributed by atoms with Crippen LogP contribution in [-0.4, -0.2) is 24.0 Å². The normalized spacial score (nSPS) is 31.0. The van der Waals surface area contributed by atoms with Crippen LogP contribution in [0.3, 0.4) is 0 Å². The number of nitrogens with zero attached hydrogens (tertiary/aromatic N) is 1. The van der Waals surface area contributed by atoms with E-state index >= 15 is 0 Å². The number of hydrogen-bond acceptors (Lipinski definition) is 1. The van der Waals surface area contributed by atoms with Crippen LogP contribution in [0, 0.1) is 11.8 Å². The summed E-state index contributed by atoms with van der Waals surface area (Å²) >= 11 is 0. The average Bonchev–Trinajstić information content (AvgIpc) is 1.94. The average molecular weight is 169 g/mol. The summed E-state index contributed by atoms with van der Waals surface area (Å²) < 4.78 is 0. The standard InChI is InChI=1S/C11H23N/c1-9(2)10-6-7-12(5)11(3,4)8-10/h9-10H,6-8H2,1-5H3/t10-/m1/s1. The van der Waals surface area contributed by atoms with Gasteiger partial charge in [-0.2, -0.15) is 0 Å². The van der Waals surface area contributed by atoms with Crippen molar-refractivity contribution in [3.63, 3.8) is 0 Å². The van der Waals surface area contributed by atoms with Gasteiger partial charge in [0.15, 0.2) is 0 Å². The Morgan fingerprint density at radius 1 is 1.33 bits per heavy atom. The molecule has 72 valence electrons. The number of piperidine rings is 1. The van der Waals surface area contributed by atoms with Crippen LogP contribution in [0.4, 0.5) is 0 Å². The fourth-order valence-corrected chi connectivity index (χ4v) is 2.13. The molecule has 1 nitrogen and oxygen atoms in total. The van der Waals surface area contributed by atoms with E-state index < -0.39 is 0 Å². The molecule has 0 unspecified atom stereocenters. The quantitative estimate of drug-likeness (QED) is 0.583. The summed E-state index contributed by atoms with van der Waals surface area (Å²) in [5, 5.41) is 0. The first kappa shape index (κ1) is 10.0. The zero-order chi connectivity index (χ0) is 9.35. The van der Waals surface area contributed by atoms with Gasteiger partial charge in [-0.15, -0.1) is 0 Å². The van der Waals surface area contributed by atoms with E-state index in [1.54, 1.807) is 0 Å². The van der Waals surface area contributed by atoms with Gasteiger partial charge in [0, 0.05) is 5.54 Å². The summed E-state index contributed by atoms with van der Waals surface area (Å²) in [6.07, 6.45) is 2.75. The van der Waals surface area contributed by atoms with Crippen molar-refractivity contribution in [3.8, 4) is 0 Å². The molecule has 0 N–H and O–H groups in total. The first-order chi connectivity index (χ1) is 5.43.